The number of hydrogen-bond acceptors (Lipinski definition) is 3. The number of carbonyl (C=O) groups excluding carboxylic acids is 1. The van der Waals surface area contributed by atoms with Crippen LogP contribution in [-0.2, 0) is 11.3 Å². The van der Waals surface area contributed by atoms with Gasteiger partial charge in [-0.3, -0.25) is 14.2 Å². The molecule has 1 saturated heterocycles. The normalized spacial score (nSPS) is 15.3. The number of hydrogen-bond donors (Lipinski definition) is 0. The molecule has 0 aliphatic carbocycles. The Bertz CT molecular complexity index is 782. The van der Waals surface area contributed by atoms with Gasteiger partial charge in [-0.25, -0.2) is 4.98 Å². The van der Waals surface area contributed by atoms with Gasteiger partial charge in [0.05, 0.1) is 22.3 Å². The molecule has 0 radical (unpaired) electrons. The van der Waals surface area contributed by atoms with Crippen molar-refractivity contribution >= 4 is 40.0 Å². The molecular weight excluding hydrogens is 325 g/mol. The summed E-state index contributed by atoms with van der Waals surface area (Å²) >= 11 is 12.0. The van der Waals surface area contributed by atoms with Crippen molar-refractivity contribution in [2.45, 2.75) is 25.8 Å². The molecule has 0 atom stereocenters. The summed E-state index contributed by atoms with van der Waals surface area (Å²) in [6, 6.07) is 3.07. The highest BCUT2D eigenvalue weighted by molar-refractivity contribution is 6.38. The molecule has 1 fully saturated rings. The molecule has 1 amide bonds. The summed E-state index contributed by atoms with van der Waals surface area (Å²) in [5, 5.41) is 1.03. The summed E-state index contributed by atoms with van der Waals surface area (Å²) in [6.07, 6.45) is 4.55. The van der Waals surface area contributed by atoms with Crippen LogP contribution >= 0.6 is 23.2 Å². The molecule has 7 heteroatoms. The summed E-state index contributed by atoms with van der Waals surface area (Å²) in [5.74, 6) is -0.0592. The monoisotopic (exact) mass is 339 g/mol. The van der Waals surface area contributed by atoms with Gasteiger partial charge in [-0.2, -0.15) is 0 Å². The lowest BCUT2D eigenvalue weighted by Gasteiger charge is -2.26. The third kappa shape index (κ3) is 2.96. The van der Waals surface area contributed by atoms with Crippen molar-refractivity contribution in [2.75, 3.05) is 13.1 Å². The van der Waals surface area contributed by atoms with Crippen molar-refractivity contribution in [3.63, 3.8) is 0 Å². The van der Waals surface area contributed by atoms with Gasteiger partial charge in [-0.05, 0) is 31.4 Å². The molecule has 0 N–H and O–H groups in total. The molecule has 1 aromatic heterocycles. The topological polar surface area (TPSA) is 55.2 Å². The van der Waals surface area contributed by atoms with Gasteiger partial charge in [0.1, 0.15) is 6.54 Å². The summed E-state index contributed by atoms with van der Waals surface area (Å²) in [7, 11) is 0. The van der Waals surface area contributed by atoms with Crippen LogP contribution in [0.25, 0.3) is 10.9 Å². The van der Waals surface area contributed by atoms with Crippen molar-refractivity contribution in [1.82, 2.24) is 14.5 Å². The lowest BCUT2D eigenvalue weighted by atomic mass is 10.1. The van der Waals surface area contributed by atoms with E-state index in [0.29, 0.717) is 20.9 Å². The maximum Gasteiger partial charge on any atom is 0.261 e. The maximum atomic E-state index is 12.5. The summed E-state index contributed by atoms with van der Waals surface area (Å²) in [6.45, 7) is 1.50. The van der Waals surface area contributed by atoms with Crippen molar-refractivity contribution in [2.24, 2.45) is 0 Å². The Balaban J connectivity index is 1.93. The molecule has 1 aliphatic rings. The van der Waals surface area contributed by atoms with Crippen LogP contribution in [-0.4, -0.2) is 33.4 Å². The first-order valence-corrected chi connectivity index (χ1v) is 7.94. The highest BCUT2D eigenvalue weighted by Crippen LogP contribution is 2.23. The third-order valence-corrected chi connectivity index (χ3v) is 4.37. The fourth-order valence-corrected chi connectivity index (χ4v) is 3.24. The van der Waals surface area contributed by atoms with Crippen molar-refractivity contribution in [3.05, 3.63) is 38.9 Å². The minimum absolute atomic E-state index is 0.00803. The van der Waals surface area contributed by atoms with E-state index in [-0.39, 0.29) is 18.0 Å². The van der Waals surface area contributed by atoms with Gasteiger partial charge in [-0.1, -0.05) is 23.2 Å². The molecule has 0 saturated carbocycles. The molecule has 2 heterocycles. The van der Waals surface area contributed by atoms with Gasteiger partial charge in [0, 0.05) is 18.1 Å². The number of rotatable bonds is 2. The Morgan fingerprint density at radius 1 is 1.18 bits per heavy atom. The van der Waals surface area contributed by atoms with E-state index < -0.39 is 0 Å². The highest BCUT2D eigenvalue weighted by atomic mass is 35.5. The molecule has 22 heavy (non-hydrogen) atoms. The fraction of sp³-hybridized carbons (Fsp3) is 0.400. The quantitative estimate of drug-likeness (QED) is 0.845. The third-order valence-electron chi connectivity index (χ3n) is 3.86. The van der Waals surface area contributed by atoms with Crippen LogP contribution in [0.5, 0.6) is 0 Å². The highest BCUT2D eigenvalue weighted by Gasteiger charge is 2.18. The molecule has 116 valence electrons. The second-order valence-electron chi connectivity index (χ2n) is 5.40. The standard InChI is InChI=1S/C15H15Cl2N3O2/c16-10-6-11-14(12(17)7-10)18-9-20(15(11)22)8-13(21)19-4-2-1-3-5-19/h6-7,9H,1-5,8H2. The van der Waals surface area contributed by atoms with Crippen LogP contribution in [0.3, 0.4) is 0 Å². The largest absolute Gasteiger partial charge is 0.341 e. The van der Waals surface area contributed by atoms with Gasteiger partial charge in [0.25, 0.3) is 5.56 Å². The lowest BCUT2D eigenvalue weighted by molar-refractivity contribution is -0.132. The van der Waals surface area contributed by atoms with Gasteiger partial charge in [0.15, 0.2) is 0 Å². The second-order valence-corrected chi connectivity index (χ2v) is 6.25. The fourth-order valence-electron chi connectivity index (χ4n) is 2.70. The molecule has 1 aliphatic heterocycles. The smallest absolute Gasteiger partial charge is 0.261 e. The van der Waals surface area contributed by atoms with E-state index >= 15 is 0 Å². The molecule has 1 aromatic carbocycles. The number of benzene rings is 1. The summed E-state index contributed by atoms with van der Waals surface area (Å²) < 4.78 is 1.31. The van der Waals surface area contributed by atoms with E-state index in [4.69, 9.17) is 23.2 Å². The first-order chi connectivity index (χ1) is 10.6. The summed E-state index contributed by atoms with van der Waals surface area (Å²) in [4.78, 5) is 30.7. The average molecular weight is 340 g/mol. The zero-order chi connectivity index (χ0) is 15.7. The SMILES string of the molecule is O=C(Cn1cnc2c(Cl)cc(Cl)cc2c1=O)N1CCCCC1. The van der Waals surface area contributed by atoms with Crippen molar-refractivity contribution in [1.29, 1.82) is 0 Å². The molecule has 3 rings (SSSR count). The minimum atomic E-state index is -0.306. The predicted molar refractivity (Wildman–Crippen MR) is 86.5 cm³/mol. The van der Waals surface area contributed by atoms with Crippen molar-refractivity contribution in [3.8, 4) is 0 Å². The van der Waals surface area contributed by atoms with Crippen LogP contribution in [0.1, 0.15) is 19.3 Å². The molecule has 5 nitrogen and oxygen atoms in total. The summed E-state index contributed by atoms with van der Waals surface area (Å²) in [5.41, 5.74) is 0.0949. The number of aromatic nitrogens is 2. The zero-order valence-corrected chi connectivity index (χ0v) is 13.4. The minimum Gasteiger partial charge on any atom is -0.341 e. The van der Waals surface area contributed by atoms with E-state index in [1.807, 2.05) is 0 Å². The Morgan fingerprint density at radius 3 is 2.64 bits per heavy atom. The first kappa shape index (κ1) is 15.3. The Labute approximate surface area is 137 Å². The van der Waals surface area contributed by atoms with Crippen LogP contribution in [0.2, 0.25) is 10.0 Å². The zero-order valence-electron chi connectivity index (χ0n) is 11.9. The lowest BCUT2D eigenvalue weighted by Crippen LogP contribution is -2.39. The van der Waals surface area contributed by atoms with Crippen LogP contribution in [0, 0.1) is 0 Å². The van der Waals surface area contributed by atoms with E-state index in [9.17, 15) is 9.59 Å². The van der Waals surface area contributed by atoms with E-state index in [0.717, 1.165) is 32.4 Å². The average Bonchev–Trinajstić information content (AvgIpc) is 2.51. The van der Waals surface area contributed by atoms with Gasteiger partial charge in [-0.15, -0.1) is 0 Å². The predicted octanol–water partition coefficient (Wildman–Crippen LogP) is 2.72. The molecule has 0 unspecified atom stereocenters. The number of likely N-dealkylation sites (tertiary alicyclic amines) is 1. The number of piperidine rings is 1. The number of amides is 1. The molecule has 0 spiro atoms. The molecule has 0 bridgehead atoms. The molecular formula is C15H15Cl2N3O2. The number of fused-ring (bicyclic) bond motifs is 1. The van der Waals surface area contributed by atoms with Crippen LogP contribution in [0.4, 0.5) is 0 Å². The molecule has 2 aromatic rings. The maximum absolute atomic E-state index is 12.5. The van der Waals surface area contributed by atoms with E-state index in [2.05, 4.69) is 4.98 Å². The van der Waals surface area contributed by atoms with Gasteiger partial charge < -0.3 is 4.90 Å². The second kappa shape index (κ2) is 6.26. The van der Waals surface area contributed by atoms with Gasteiger partial charge >= 0.3 is 0 Å². The first-order valence-electron chi connectivity index (χ1n) is 7.18. The Kier molecular flexibility index (Phi) is 4.36. The van der Waals surface area contributed by atoms with Crippen LogP contribution in [0.15, 0.2) is 23.3 Å². The van der Waals surface area contributed by atoms with Gasteiger partial charge in [0.2, 0.25) is 5.91 Å². The number of halogens is 2. The Morgan fingerprint density at radius 2 is 1.91 bits per heavy atom. The number of carbonyl (C=O) groups is 1. The van der Waals surface area contributed by atoms with E-state index in [1.54, 1.807) is 11.0 Å². The number of nitrogens with zero attached hydrogens (tertiary/aromatic N) is 3. The van der Waals surface area contributed by atoms with Crippen molar-refractivity contribution < 1.29 is 4.79 Å². The van der Waals surface area contributed by atoms with Crippen LogP contribution < -0.4 is 5.56 Å². The van der Waals surface area contributed by atoms with E-state index in [1.165, 1.54) is 17.0 Å². The Hall–Kier alpha value is -1.59.